The van der Waals surface area contributed by atoms with Crippen molar-refractivity contribution >= 4 is 31.6 Å². The average molecular weight is 356 g/mol. The summed E-state index contributed by atoms with van der Waals surface area (Å²) in [6.07, 6.45) is 1.11. The molecule has 4 nitrogen and oxygen atoms in total. The number of nitrogens with one attached hydrogen (secondary N) is 1. The van der Waals surface area contributed by atoms with Crippen molar-refractivity contribution in [1.29, 1.82) is 0 Å². The Morgan fingerprint density at radius 3 is 2.40 bits per heavy atom. The maximum atomic E-state index is 11.2. The molecule has 0 fully saturated rings. The number of hydrogen-bond acceptors (Lipinski definition) is 3. The molecule has 0 unspecified atom stereocenters. The lowest BCUT2D eigenvalue weighted by atomic mass is 10.2. The maximum Gasteiger partial charge on any atom is 0.229 e. The Morgan fingerprint density at radius 1 is 1.10 bits per heavy atom. The predicted molar refractivity (Wildman–Crippen MR) is 83.9 cm³/mol. The number of hydrogen-bond donors (Lipinski definition) is 1. The highest BCUT2D eigenvalue weighted by Gasteiger charge is 2.08. The summed E-state index contributed by atoms with van der Waals surface area (Å²) >= 11 is 3.38. The van der Waals surface area contributed by atoms with Crippen molar-refractivity contribution in [2.24, 2.45) is 0 Å². The molecule has 2 aromatic carbocycles. The molecule has 0 aliphatic carbocycles. The summed E-state index contributed by atoms with van der Waals surface area (Å²) in [5.74, 6) is 1.38. The van der Waals surface area contributed by atoms with Gasteiger partial charge in [-0.05, 0) is 52.7 Å². The molecule has 0 aromatic heterocycles. The second-order valence-corrected chi connectivity index (χ2v) is 6.99. The molecule has 0 saturated carbocycles. The zero-order valence-corrected chi connectivity index (χ0v) is 13.5. The third-order valence-corrected chi connectivity index (χ3v) is 3.77. The lowest BCUT2D eigenvalue weighted by Gasteiger charge is -2.11. The SMILES string of the molecule is Cc1ccccc1Oc1ccc(NS(C)(=O)=O)cc1Br. The average Bonchev–Trinajstić information content (AvgIpc) is 2.33. The maximum absolute atomic E-state index is 11.2. The highest BCUT2D eigenvalue weighted by molar-refractivity contribution is 9.10. The van der Waals surface area contributed by atoms with Gasteiger partial charge in [0.25, 0.3) is 0 Å². The van der Waals surface area contributed by atoms with Gasteiger partial charge in [0.15, 0.2) is 0 Å². The number of sulfonamides is 1. The summed E-state index contributed by atoms with van der Waals surface area (Å²) in [7, 11) is -3.28. The van der Waals surface area contributed by atoms with Crippen molar-refractivity contribution in [2.45, 2.75) is 6.92 Å². The van der Waals surface area contributed by atoms with Crippen molar-refractivity contribution in [2.75, 3.05) is 11.0 Å². The number of anilines is 1. The van der Waals surface area contributed by atoms with Gasteiger partial charge in [0.05, 0.1) is 10.7 Å². The van der Waals surface area contributed by atoms with E-state index >= 15 is 0 Å². The molecule has 20 heavy (non-hydrogen) atoms. The smallest absolute Gasteiger partial charge is 0.229 e. The second-order valence-electron chi connectivity index (χ2n) is 4.39. The van der Waals surface area contributed by atoms with Gasteiger partial charge >= 0.3 is 0 Å². The first-order valence-corrected chi connectivity index (χ1v) is 8.54. The van der Waals surface area contributed by atoms with E-state index in [0.717, 1.165) is 17.6 Å². The molecule has 0 spiro atoms. The Morgan fingerprint density at radius 2 is 1.80 bits per heavy atom. The van der Waals surface area contributed by atoms with Gasteiger partial charge in [0, 0.05) is 5.69 Å². The highest BCUT2D eigenvalue weighted by Crippen LogP contribution is 2.33. The van der Waals surface area contributed by atoms with Crippen molar-refractivity contribution in [3.05, 3.63) is 52.5 Å². The Hall–Kier alpha value is -1.53. The van der Waals surface area contributed by atoms with Crippen LogP contribution in [-0.4, -0.2) is 14.7 Å². The molecule has 2 aromatic rings. The molecule has 2 rings (SSSR count). The Kier molecular flexibility index (Phi) is 4.35. The molecule has 1 N–H and O–H groups in total. The van der Waals surface area contributed by atoms with Crippen LogP contribution in [-0.2, 0) is 10.0 Å². The fourth-order valence-electron chi connectivity index (χ4n) is 1.65. The van der Waals surface area contributed by atoms with Crippen LogP contribution in [0, 0.1) is 6.92 Å². The molecular weight excluding hydrogens is 342 g/mol. The van der Waals surface area contributed by atoms with Crippen molar-refractivity contribution in [3.63, 3.8) is 0 Å². The van der Waals surface area contributed by atoms with Gasteiger partial charge in [-0.3, -0.25) is 4.72 Å². The summed E-state index contributed by atoms with van der Waals surface area (Å²) in [5.41, 5.74) is 1.51. The summed E-state index contributed by atoms with van der Waals surface area (Å²) in [5, 5.41) is 0. The molecule has 0 aliphatic heterocycles. The van der Waals surface area contributed by atoms with Gasteiger partial charge in [-0.1, -0.05) is 18.2 Å². The fraction of sp³-hybridized carbons (Fsp3) is 0.143. The Labute approximate surface area is 127 Å². The van der Waals surface area contributed by atoms with Crippen LogP contribution in [0.15, 0.2) is 46.9 Å². The number of aryl methyl sites for hydroxylation is 1. The Bertz CT molecular complexity index is 729. The summed E-state index contributed by atoms with van der Waals surface area (Å²) in [6.45, 7) is 1.96. The van der Waals surface area contributed by atoms with E-state index in [1.807, 2.05) is 31.2 Å². The van der Waals surface area contributed by atoms with E-state index in [4.69, 9.17) is 4.74 Å². The number of rotatable bonds is 4. The number of para-hydroxylation sites is 1. The van der Waals surface area contributed by atoms with E-state index in [1.165, 1.54) is 0 Å². The quantitative estimate of drug-likeness (QED) is 0.903. The third kappa shape index (κ3) is 3.98. The Balaban J connectivity index is 2.25. The molecular formula is C14H14BrNO3S. The van der Waals surface area contributed by atoms with Gasteiger partial charge in [-0.2, -0.15) is 0 Å². The zero-order valence-electron chi connectivity index (χ0n) is 11.1. The molecule has 0 aliphatic rings. The molecule has 0 radical (unpaired) electrons. The monoisotopic (exact) mass is 355 g/mol. The minimum absolute atomic E-state index is 0.483. The van der Waals surface area contributed by atoms with Crippen LogP contribution in [0.2, 0.25) is 0 Å². The summed E-state index contributed by atoms with van der Waals surface area (Å²) in [6, 6.07) is 12.7. The summed E-state index contributed by atoms with van der Waals surface area (Å²) < 4.78 is 31.2. The largest absolute Gasteiger partial charge is 0.456 e. The first kappa shape index (κ1) is 14.9. The summed E-state index contributed by atoms with van der Waals surface area (Å²) in [4.78, 5) is 0. The van der Waals surface area contributed by atoms with Gasteiger partial charge < -0.3 is 4.74 Å². The molecule has 6 heteroatoms. The van der Waals surface area contributed by atoms with Gasteiger partial charge in [-0.15, -0.1) is 0 Å². The standard InChI is InChI=1S/C14H14BrNO3S/c1-10-5-3-4-6-13(10)19-14-8-7-11(9-12(14)15)16-20(2,17)18/h3-9,16H,1-2H3. The third-order valence-electron chi connectivity index (χ3n) is 2.55. The van der Waals surface area contributed by atoms with Crippen molar-refractivity contribution < 1.29 is 13.2 Å². The molecule has 106 valence electrons. The number of benzene rings is 2. The van der Waals surface area contributed by atoms with E-state index in [-0.39, 0.29) is 0 Å². The van der Waals surface area contributed by atoms with Crippen LogP contribution >= 0.6 is 15.9 Å². The van der Waals surface area contributed by atoms with E-state index < -0.39 is 10.0 Å². The van der Waals surface area contributed by atoms with Crippen LogP contribution in [0.3, 0.4) is 0 Å². The van der Waals surface area contributed by atoms with E-state index in [1.54, 1.807) is 18.2 Å². The lowest BCUT2D eigenvalue weighted by molar-refractivity contribution is 0.476. The lowest BCUT2D eigenvalue weighted by Crippen LogP contribution is -2.09. The molecule has 0 bridgehead atoms. The number of halogens is 1. The zero-order chi connectivity index (χ0) is 14.8. The first-order chi connectivity index (χ1) is 9.35. The van der Waals surface area contributed by atoms with E-state index in [0.29, 0.717) is 15.9 Å². The molecule has 0 amide bonds. The predicted octanol–water partition coefficient (Wildman–Crippen LogP) is 3.92. The molecule has 0 heterocycles. The van der Waals surface area contributed by atoms with Crippen LogP contribution in [0.5, 0.6) is 11.5 Å². The molecule has 0 saturated heterocycles. The second kappa shape index (κ2) is 5.85. The van der Waals surface area contributed by atoms with E-state index in [9.17, 15) is 8.42 Å². The van der Waals surface area contributed by atoms with Gasteiger partial charge in [0.1, 0.15) is 11.5 Å². The molecule has 0 atom stereocenters. The normalized spacial score (nSPS) is 11.2. The van der Waals surface area contributed by atoms with Crippen LogP contribution in [0.4, 0.5) is 5.69 Å². The van der Waals surface area contributed by atoms with Crippen molar-refractivity contribution in [3.8, 4) is 11.5 Å². The first-order valence-electron chi connectivity index (χ1n) is 5.86. The minimum atomic E-state index is -3.28. The van der Waals surface area contributed by atoms with E-state index in [2.05, 4.69) is 20.7 Å². The van der Waals surface area contributed by atoms with Gasteiger partial charge in [-0.25, -0.2) is 8.42 Å². The number of ether oxygens (including phenoxy) is 1. The topological polar surface area (TPSA) is 55.4 Å². The minimum Gasteiger partial charge on any atom is -0.456 e. The van der Waals surface area contributed by atoms with Crippen LogP contribution in [0.1, 0.15) is 5.56 Å². The van der Waals surface area contributed by atoms with Crippen LogP contribution in [0.25, 0.3) is 0 Å². The van der Waals surface area contributed by atoms with Crippen molar-refractivity contribution in [1.82, 2.24) is 0 Å². The highest BCUT2D eigenvalue weighted by atomic mass is 79.9. The van der Waals surface area contributed by atoms with Gasteiger partial charge in [0.2, 0.25) is 10.0 Å². The van der Waals surface area contributed by atoms with Crippen LogP contribution < -0.4 is 9.46 Å². The fourth-order valence-corrected chi connectivity index (χ4v) is 2.67.